The van der Waals surface area contributed by atoms with Crippen molar-refractivity contribution in [2.45, 2.75) is 71.6 Å². The van der Waals surface area contributed by atoms with Crippen molar-refractivity contribution < 1.29 is 14.0 Å². The van der Waals surface area contributed by atoms with E-state index in [2.05, 4.69) is 38.1 Å². The second-order valence-electron chi connectivity index (χ2n) is 11.7. The lowest BCUT2D eigenvalue weighted by Gasteiger charge is -2.52. The maximum atomic E-state index is 13.1. The predicted octanol–water partition coefficient (Wildman–Crippen LogP) is 7.69. The van der Waals surface area contributed by atoms with Gasteiger partial charge < -0.3 is 4.42 Å². The molecule has 3 heteroatoms. The molecular formula is C32H36O3. The normalized spacial score (nSPS) is 34.2. The molecular weight excluding hydrogens is 432 g/mol. The second kappa shape index (κ2) is 8.47. The average Bonchev–Trinajstić information content (AvgIpc) is 3.49. The van der Waals surface area contributed by atoms with E-state index in [0.29, 0.717) is 35.9 Å². The van der Waals surface area contributed by atoms with Crippen molar-refractivity contribution >= 4 is 11.6 Å². The van der Waals surface area contributed by atoms with Gasteiger partial charge in [-0.25, -0.2) is 0 Å². The number of carbonyl (C=O) groups is 2. The number of carbonyl (C=O) groups excluding carboxylic acids is 2. The monoisotopic (exact) mass is 468 g/mol. The van der Waals surface area contributed by atoms with Gasteiger partial charge in [0.05, 0.1) is 12.5 Å². The molecule has 4 aliphatic carbocycles. The molecule has 0 spiro atoms. The van der Waals surface area contributed by atoms with Gasteiger partial charge in [0, 0.05) is 23.8 Å². The molecule has 0 aliphatic heterocycles. The molecule has 35 heavy (non-hydrogen) atoms. The van der Waals surface area contributed by atoms with Gasteiger partial charge in [-0.3, -0.25) is 9.59 Å². The number of hydrogen-bond donors (Lipinski definition) is 0. The van der Waals surface area contributed by atoms with Crippen molar-refractivity contribution in [2.75, 3.05) is 0 Å². The molecule has 1 aromatic heterocycles. The van der Waals surface area contributed by atoms with Crippen molar-refractivity contribution in [2.24, 2.45) is 29.1 Å². The summed E-state index contributed by atoms with van der Waals surface area (Å²) in [6.07, 6.45) is 12.4. The second-order valence-corrected chi connectivity index (χ2v) is 11.7. The Bertz CT molecular complexity index is 1210. The first-order chi connectivity index (χ1) is 16.9. The summed E-state index contributed by atoms with van der Waals surface area (Å²) in [6, 6.07) is 11.0. The van der Waals surface area contributed by atoms with E-state index in [0.717, 1.165) is 43.2 Å². The van der Waals surface area contributed by atoms with Crippen molar-refractivity contribution in [3.63, 3.8) is 0 Å². The summed E-state index contributed by atoms with van der Waals surface area (Å²) in [4.78, 5) is 25.3. The van der Waals surface area contributed by atoms with Crippen LogP contribution in [-0.4, -0.2) is 11.6 Å². The summed E-state index contributed by atoms with van der Waals surface area (Å²) >= 11 is 0. The maximum Gasteiger partial charge on any atom is 0.156 e. The zero-order chi connectivity index (χ0) is 24.3. The van der Waals surface area contributed by atoms with Crippen LogP contribution < -0.4 is 0 Å². The Kier molecular flexibility index (Phi) is 5.51. The molecule has 6 atom stereocenters. The Balaban J connectivity index is 1.49. The smallest absolute Gasteiger partial charge is 0.156 e. The van der Waals surface area contributed by atoms with E-state index in [1.807, 2.05) is 19.1 Å². The molecule has 0 amide bonds. The highest BCUT2D eigenvalue weighted by atomic mass is 16.3. The topological polar surface area (TPSA) is 47.3 Å². The van der Waals surface area contributed by atoms with Crippen molar-refractivity contribution in [1.29, 1.82) is 0 Å². The molecule has 182 valence electrons. The van der Waals surface area contributed by atoms with Gasteiger partial charge in [0.15, 0.2) is 5.78 Å². The Morgan fingerprint density at radius 3 is 2.57 bits per heavy atom. The largest absolute Gasteiger partial charge is 0.472 e. The summed E-state index contributed by atoms with van der Waals surface area (Å²) in [5.74, 6) is 2.70. The number of ketones is 2. The summed E-state index contributed by atoms with van der Waals surface area (Å²) in [5.41, 5.74) is 8.02. The van der Waals surface area contributed by atoms with Crippen LogP contribution in [0.5, 0.6) is 0 Å². The molecule has 4 aliphatic rings. The first kappa shape index (κ1) is 22.8. The standard InChI is InChI=1S/C32H36O3/c1-4-20-16-29-27-11-9-23-15-25(34)10-12-26(23)30(27)28(17-32(29,3)31(20)19(2)33)22-7-5-21(6-8-22)24-13-14-35-18-24/h5-8,13-15,18,20,27-29,31H,4,9-12,16-17H2,1-3H3/t20-,27?,28-,29?,31?,32+/m1/s1. The zero-order valence-electron chi connectivity index (χ0n) is 21.2. The maximum absolute atomic E-state index is 13.1. The third-order valence-corrected chi connectivity index (χ3v) is 10.0. The fourth-order valence-corrected chi connectivity index (χ4v) is 8.68. The van der Waals surface area contributed by atoms with Crippen LogP contribution in [-0.2, 0) is 9.59 Å². The lowest BCUT2D eigenvalue weighted by Crippen LogP contribution is -2.45. The Morgan fingerprint density at radius 1 is 1.09 bits per heavy atom. The SMILES string of the molecule is CC[C@@H]1CC2C3CCC4=CC(=O)CCC4=C3[C@@H](c3ccc(-c4ccoc4)cc3)C[C@]2(C)C1C(C)=O. The molecule has 2 aromatic rings. The highest BCUT2D eigenvalue weighted by Crippen LogP contribution is 2.67. The number of Topliss-reactive ketones (excluding diaryl/α,β-unsaturated/α-hetero) is 1. The van der Waals surface area contributed by atoms with E-state index in [9.17, 15) is 9.59 Å². The first-order valence-corrected chi connectivity index (χ1v) is 13.5. The van der Waals surface area contributed by atoms with E-state index < -0.39 is 0 Å². The number of benzene rings is 1. The lowest BCUT2D eigenvalue weighted by atomic mass is 9.51. The Labute approximate surface area is 208 Å². The molecule has 6 rings (SSSR count). The third-order valence-electron chi connectivity index (χ3n) is 10.0. The molecule has 3 unspecified atom stereocenters. The fourth-order valence-electron chi connectivity index (χ4n) is 8.68. The van der Waals surface area contributed by atoms with Crippen LogP contribution in [0.2, 0.25) is 0 Å². The minimum atomic E-state index is 0.0286. The molecule has 0 N–H and O–H groups in total. The summed E-state index contributed by atoms with van der Waals surface area (Å²) < 4.78 is 5.30. The molecule has 1 aromatic carbocycles. The van der Waals surface area contributed by atoms with E-state index in [1.165, 1.54) is 23.1 Å². The average molecular weight is 469 g/mol. The van der Waals surface area contributed by atoms with Gasteiger partial charge in [0.25, 0.3) is 0 Å². The van der Waals surface area contributed by atoms with Crippen LogP contribution in [0.4, 0.5) is 0 Å². The van der Waals surface area contributed by atoms with E-state index in [1.54, 1.807) is 18.1 Å². The molecule has 2 fully saturated rings. The first-order valence-electron chi connectivity index (χ1n) is 13.5. The van der Waals surface area contributed by atoms with E-state index in [-0.39, 0.29) is 17.1 Å². The Hall–Kier alpha value is -2.68. The molecule has 0 bridgehead atoms. The van der Waals surface area contributed by atoms with Gasteiger partial charge in [0.1, 0.15) is 5.78 Å². The summed E-state index contributed by atoms with van der Waals surface area (Å²) in [5, 5.41) is 0. The van der Waals surface area contributed by atoms with Gasteiger partial charge in [0.2, 0.25) is 0 Å². The quantitative estimate of drug-likeness (QED) is 0.462. The van der Waals surface area contributed by atoms with Gasteiger partial charge in [-0.05, 0) is 96.6 Å². The minimum Gasteiger partial charge on any atom is -0.472 e. The molecule has 0 saturated heterocycles. The summed E-state index contributed by atoms with van der Waals surface area (Å²) in [6.45, 7) is 6.53. The van der Waals surface area contributed by atoms with Crippen molar-refractivity contribution in [3.8, 4) is 11.1 Å². The van der Waals surface area contributed by atoms with Gasteiger partial charge >= 0.3 is 0 Å². The van der Waals surface area contributed by atoms with Gasteiger partial charge in [-0.15, -0.1) is 0 Å². The highest BCUT2D eigenvalue weighted by molar-refractivity contribution is 5.93. The molecule has 1 heterocycles. The number of rotatable bonds is 4. The molecule has 2 saturated carbocycles. The van der Waals surface area contributed by atoms with Crippen LogP contribution in [0.15, 0.2) is 70.1 Å². The highest BCUT2D eigenvalue weighted by Gasteiger charge is 2.60. The molecule has 0 radical (unpaired) electrons. The lowest BCUT2D eigenvalue weighted by molar-refractivity contribution is -0.126. The molecule has 3 nitrogen and oxygen atoms in total. The van der Waals surface area contributed by atoms with Crippen molar-refractivity contribution in [3.05, 3.63) is 71.2 Å². The predicted molar refractivity (Wildman–Crippen MR) is 138 cm³/mol. The van der Waals surface area contributed by atoms with Crippen molar-refractivity contribution in [1.82, 2.24) is 0 Å². The van der Waals surface area contributed by atoms with E-state index in [4.69, 9.17) is 4.42 Å². The van der Waals surface area contributed by atoms with Crippen LogP contribution in [0.3, 0.4) is 0 Å². The Morgan fingerprint density at radius 2 is 1.89 bits per heavy atom. The van der Waals surface area contributed by atoms with Crippen LogP contribution >= 0.6 is 0 Å². The minimum absolute atomic E-state index is 0.0286. The summed E-state index contributed by atoms with van der Waals surface area (Å²) in [7, 11) is 0. The third kappa shape index (κ3) is 3.53. The number of allylic oxidation sites excluding steroid dienone is 4. The number of hydrogen-bond acceptors (Lipinski definition) is 3. The van der Waals surface area contributed by atoms with Crippen LogP contribution in [0, 0.1) is 29.1 Å². The number of fused-ring (bicyclic) bond motifs is 4. The van der Waals surface area contributed by atoms with Gasteiger partial charge in [-0.1, -0.05) is 50.1 Å². The zero-order valence-corrected chi connectivity index (χ0v) is 21.2. The van der Waals surface area contributed by atoms with Crippen LogP contribution in [0.1, 0.15) is 77.2 Å². The van der Waals surface area contributed by atoms with Gasteiger partial charge in [-0.2, -0.15) is 0 Å². The van der Waals surface area contributed by atoms with E-state index >= 15 is 0 Å². The number of furan rings is 1. The van der Waals surface area contributed by atoms with Crippen LogP contribution in [0.25, 0.3) is 11.1 Å². The fraction of sp³-hybridized carbons (Fsp3) is 0.500.